The van der Waals surface area contributed by atoms with E-state index in [1.165, 1.54) is 17.6 Å². The molecule has 0 saturated heterocycles. The summed E-state index contributed by atoms with van der Waals surface area (Å²) in [6, 6.07) is 10.8. The summed E-state index contributed by atoms with van der Waals surface area (Å²) in [6.45, 7) is 0.960. The van der Waals surface area contributed by atoms with E-state index in [-0.39, 0.29) is 11.7 Å². The van der Waals surface area contributed by atoms with Crippen molar-refractivity contribution in [3.63, 3.8) is 0 Å². The molecule has 3 aromatic heterocycles. The predicted octanol–water partition coefficient (Wildman–Crippen LogP) is 4.09. The van der Waals surface area contributed by atoms with Gasteiger partial charge in [0.2, 0.25) is 0 Å². The smallest absolute Gasteiger partial charge is 0.295 e. The first-order valence-electron chi connectivity index (χ1n) is 7.60. The maximum absolute atomic E-state index is 12.9. The Labute approximate surface area is 152 Å². The van der Waals surface area contributed by atoms with Crippen molar-refractivity contribution >= 4 is 44.2 Å². The maximum Gasteiger partial charge on any atom is 0.295 e. The minimum Gasteiger partial charge on any atom is -0.459 e. The van der Waals surface area contributed by atoms with Gasteiger partial charge in [-0.25, -0.2) is 4.98 Å². The lowest BCUT2D eigenvalue weighted by atomic mass is 10.3. The second kappa shape index (κ2) is 6.70. The van der Waals surface area contributed by atoms with Gasteiger partial charge in [0, 0.05) is 18.9 Å². The number of amides is 1. The van der Waals surface area contributed by atoms with Crippen LogP contribution in [-0.4, -0.2) is 27.2 Å². The van der Waals surface area contributed by atoms with Gasteiger partial charge >= 0.3 is 0 Å². The average molecular weight is 373 g/mol. The summed E-state index contributed by atoms with van der Waals surface area (Å²) in [7, 11) is 0. The molecule has 8 heteroatoms. The standard InChI is InChI=1S/C17H13ClN4O2S/c18-12-4-1-6-14-15(12)20-17(25-14)22(10-9-21-8-3-7-19-21)16(23)13-5-2-11-24-13/h1-8,11H,9-10H2. The molecular formula is C17H13ClN4O2S. The van der Waals surface area contributed by atoms with Gasteiger partial charge in [0.05, 0.1) is 22.5 Å². The zero-order valence-electron chi connectivity index (χ0n) is 13.0. The fourth-order valence-corrected chi connectivity index (χ4v) is 3.76. The van der Waals surface area contributed by atoms with Gasteiger partial charge in [-0.05, 0) is 30.3 Å². The minimum atomic E-state index is -0.243. The Bertz CT molecular complexity index is 995. The first-order chi connectivity index (χ1) is 12.2. The van der Waals surface area contributed by atoms with E-state index in [4.69, 9.17) is 16.0 Å². The molecule has 3 heterocycles. The summed E-state index contributed by atoms with van der Waals surface area (Å²) in [4.78, 5) is 19.0. The second-order valence-electron chi connectivity index (χ2n) is 5.29. The molecule has 0 aliphatic rings. The lowest BCUT2D eigenvalue weighted by Gasteiger charge is -2.18. The van der Waals surface area contributed by atoms with Gasteiger partial charge in [-0.3, -0.25) is 14.4 Å². The molecule has 25 heavy (non-hydrogen) atoms. The number of carbonyl (C=O) groups excluding carboxylic acids is 1. The molecule has 0 unspecified atom stereocenters. The molecule has 0 aliphatic carbocycles. The van der Waals surface area contributed by atoms with Crippen LogP contribution in [0, 0.1) is 0 Å². The fraction of sp³-hybridized carbons (Fsp3) is 0.118. The normalized spacial score (nSPS) is 11.1. The van der Waals surface area contributed by atoms with E-state index in [0.717, 1.165) is 4.70 Å². The van der Waals surface area contributed by atoms with Crippen LogP contribution in [0.4, 0.5) is 5.13 Å². The largest absolute Gasteiger partial charge is 0.459 e. The minimum absolute atomic E-state index is 0.243. The molecule has 0 atom stereocenters. The molecule has 126 valence electrons. The summed E-state index contributed by atoms with van der Waals surface area (Å²) in [6.07, 6.45) is 5.04. The van der Waals surface area contributed by atoms with Crippen LogP contribution in [0.3, 0.4) is 0 Å². The van der Waals surface area contributed by atoms with Crippen LogP contribution >= 0.6 is 22.9 Å². The number of aromatic nitrogens is 3. The van der Waals surface area contributed by atoms with Gasteiger partial charge in [-0.2, -0.15) is 5.10 Å². The van der Waals surface area contributed by atoms with Gasteiger partial charge < -0.3 is 4.42 Å². The first-order valence-corrected chi connectivity index (χ1v) is 8.79. The number of halogens is 1. The summed E-state index contributed by atoms with van der Waals surface area (Å²) in [5.41, 5.74) is 0.695. The Kier molecular flexibility index (Phi) is 4.25. The third kappa shape index (κ3) is 3.16. The third-order valence-corrected chi connectivity index (χ3v) is 5.03. The van der Waals surface area contributed by atoms with Crippen molar-refractivity contribution in [3.05, 3.63) is 65.8 Å². The highest BCUT2D eigenvalue weighted by Gasteiger charge is 2.23. The zero-order chi connectivity index (χ0) is 17.2. The Morgan fingerprint density at radius 1 is 1.28 bits per heavy atom. The number of rotatable bonds is 5. The molecule has 0 fully saturated rings. The van der Waals surface area contributed by atoms with Crippen LogP contribution in [0.2, 0.25) is 5.02 Å². The maximum atomic E-state index is 12.9. The van der Waals surface area contributed by atoms with Crippen molar-refractivity contribution in [2.45, 2.75) is 6.54 Å². The Hall–Kier alpha value is -2.64. The molecule has 6 nitrogen and oxygen atoms in total. The first kappa shape index (κ1) is 15.9. The quantitative estimate of drug-likeness (QED) is 0.529. The number of furan rings is 1. The Morgan fingerprint density at radius 2 is 2.20 bits per heavy atom. The van der Waals surface area contributed by atoms with Crippen molar-refractivity contribution in [2.75, 3.05) is 11.4 Å². The topological polar surface area (TPSA) is 64.2 Å². The molecular weight excluding hydrogens is 360 g/mol. The van der Waals surface area contributed by atoms with E-state index < -0.39 is 0 Å². The van der Waals surface area contributed by atoms with E-state index in [0.29, 0.717) is 28.8 Å². The number of nitrogens with zero attached hydrogens (tertiary/aromatic N) is 4. The third-order valence-electron chi connectivity index (χ3n) is 3.68. The lowest BCUT2D eigenvalue weighted by molar-refractivity contribution is 0.0959. The van der Waals surface area contributed by atoms with Crippen molar-refractivity contribution in [3.8, 4) is 0 Å². The summed E-state index contributed by atoms with van der Waals surface area (Å²) < 4.78 is 7.97. The predicted molar refractivity (Wildman–Crippen MR) is 97.2 cm³/mol. The van der Waals surface area contributed by atoms with Crippen LogP contribution in [0.15, 0.2) is 59.5 Å². The number of hydrogen-bond donors (Lipinski definition) is 0. The molecule has 0 saturated carbocycles. The molecule has 4 aromatic rings. The molecule has 0 aliphatic heterocycles. The number of thiazole rings is 1. The van der Waals surface area contributed by atoms with E-state index in [2.05, 4.69) is 10.1 Å². The number of anilines is 1. The van der Waals surface area contributed by atoms with Gasteiger partial charge in [0.15, 0.2) is 10.9 Å². The monoisotopic (exact) mass is 372 g/mol. The van der Waals surface area contributed by atoms with Gasteiger partial charge in [-0.1, -0.05) is 29.0 Å². The average Bonchev–Trinajstić information content (AvgIpc) is 3.36. The number of carbonyl (C=O) groups is 1. The molecule has 0 bridgehead atoms. The van der Waals surface area contributed by atoms with Crippen molar-refractivity contribution in [2.24, 2.45) is 0 Å². The highest BCUT2D eigenvalue weighted by molar-refractivity contribution is 7.22. The summed E-state index contributed by atoms with van der Waals surface area (Å²) >= 11 is 7.64. The van der Waals surface area contributed by atoms with E-state index in [1.54, 1.807) is 34.0 Å². The fourth-order valence-electron chi connectivity index (χ4n) is 2.47. The SMILES string of the molecule is O=C(c1ccco1)N(CCn1cccn1)c1nc2c(Cl)cccc2s1. The highest BCUT2D eigenvalue weighted by atomic mass is 35.5. The summed E-state index contributed by atoms with van der Waals surface area (Å²) in [5.74, 6) is 0.0261. The van der Waals surface area contributed by atoms with Gasteiger partial charge in [0.1, 0.15) is 5.52 Å². The molecule has 0 spiro atoms. The highest BCUT2D eigenvalue weighted by Crippen LogP contribution is 2.33. The number of para-hydroxylation sites is 1. The number of hydrogen-bond acceptors (Lipinski definition) is 5. The summed E-state index contributed by atoms with van der Waals surface area (Å²) in [5, 5.41) is 5.33. The van der Waals surface area contributed by atoms with E-state index >= 15 is 0 Å². The van der Waals surface area contributed by atoms with Crippen LogP contribution in [-0.2, 0) is 6.54 Å². The van der Waals surface area contributed by atoms with Crippen molar-refractivity contribution in [1.82, 2.24) is 14.8 Å². The van der Waals surface area contributed by atoms with Gasteiger partial charge in [0.25, 0.3) is 5.91 Å². The van der Waals surface area contributed by atoms with Crippen LogP contribution < -0.4 is 4.90 Å². The van der Waals surface area contributed by atoms with Crippen molar-refractivity contribution < 1.29 is 9.21 Å². The van der Waals surface area contributed by atoms with Gasteiger partial charge in [-0.15, -0.1) is 0 Å². The lowest BCUT2D eigenvalue weighted by Crippen LogP contribution is -2.33. The Balaban J connectivity index is 1.70. The molecule has 1 aromatic carbocycles. The Morgan fingerprint density at radius 3 is 2.92 bits per heavy atom. The van der Waals surface area contributed by atoms with Crippen molar-refractivity contribution in [1.29, 1.82) is 0 Å². The van der Waals surface area contributed by atoms with E-state index in [9.17, 15) is 4.79 Å². The molecule has 1 amide bonds. The zero-order valence-corrected chi connectivity index (χ0v) is 14.6. The van der Waals surface area contributed by atoms with Crippen LogP contribution in [0.1, 0.15) is 10.6 Å². The second-order valence-corrected chi connectivity index (χ2v) is 6.70. The van der Waals surface area contributed by atoms with Crippen LogP contribution in [0.5, 0.6) is 0 Å². The molecule has 0 N–H and O–H groups in total. The molecule has 0 radical (unpaired) electrons. The molecule has 4 rings (SSSR count). The van der Waals surface area contributed by atoms with E-state index in [1.807, 2.05) is 24.4 Å². The number of fused-ring (bicyclic) bond motifs is 1. The van der Waals surface area contributed by atoms with Crippen LogP contribution in [0.25, 0.3) is 10.2 Å². The number of benzene rings is 1.